The number of nitrogens with zero attached hydrogens (tertiary/aromatic N) is 1. The zero-order valence-electron chi connectivity index (χ0n) is 29.3. The van der Waals surface area contributed by atoms with Gasteiger partial charge in [0.1, 0.15) is 24.3 Å². The van der Waals surface area contributed by atoms with Gasteiger partial charge in [-0.05, 0) is 67.9 Å². The lowest BCUT2D eigenvalue weighted by Crippen LogP contribution is -2.53. The highest BCUT2D eigenvalue weighted by Gasteiger charge is 2.31. The van der Waals surface area contributed by atoms with Crippen LogP contribution in [0.15, 0.2) is 72.8 Å². The van der Waals surface area contributed by atoms with Crippen molar-refractivity contribution in [3.05, 3.63) is 94.5 Å². The van der Waals surface area contributed by atoms with Crippen LogP contribution in [0.4, 0.5) is 23.7 Å². The van der Waals surface area contributed by atoms with E-state index in [1.165, 1.54) is 5.56 Å². The van der Waals surface area contributed by atoms with E-state index in [4.69, 9.17) is 26.2 Å². The molecule has 0 radical (unpaired) electrons. The predicted molar refractivity (Wildman–Crippen MR) is 185 cm³/mol. The number of phenols is 1. The minimum absolute atomic E-state index is 0.113. The van der Waals surface area contributed by atoms with Gasteiger partial charge in [-0.1, -0.05) is 49.7 Å². The number of hydrogen-bond acceptors (Lipinski definition) is 7. The number of carbonyl (C=O) groups is 4. The molecule has 0 spiro atoms. The van der Waals surface area contributed by atoms with E-state index < -0.39 is 30.2 Å². The second-order valence-corrected chi connectivity index (χ2v) is 14.0. The maximum Gasteiger partial charge on any atom is 0.430 e. The Hall–Kier alpha value is -4.82. The minimum atomic E-state index is -5.19. The van der Waals surface area contributed by atoms with Crippen molar-refractivity contribution in [1.82, 2.24) is 10.6 Å². The number of ether oxygens (including phenoxy) is 1. The first kappa shape index (κ1) is 42.3. The summed E-state index contributed by atoms with van der Waals surface area (Å²) >= 11 is 6.04. The molecule has 1 atom stereocenters. The highest BCUT2D eigenvalue weighted by molar-refractivity contribution is 6.30. The fraction of sp³-hybridized carbons (Fsp3) is 0.389. The van der Waals surface area contributed by atoms with E-state index in [1.807, 2.05) is 24.3 Å². The molecule has 4 N–H and O–H groups in total. The lowest BCUT2D eigenvalue weighted by atomic mass is 9.91. The number of rotatable bonds is 13. The number of carboxylic acid groups (broad SMARTS) is 1. The largest absolute Gasteiger partial charge is 0.542 e. The number of anilines is 1. The number of benzene rings is 3. The molecule has 0 heterocycles. The third kappa shape index (κ3) is 16.2. The quantitative estimate of drug-likeness (QED) is 0.141. The molecule has 3 aromatic carbocycles. The van der Waals surface area contributed by atoms with Gasteiger partial charge >= 0.3 is 18.2 Å². The maximum absolute atomic E-state index is 13.5. The van der Waals surface area contributed by atoms with Crippen LogP contribution in [-0.2, 0) is 27.3 Å². The van der Waals surface area contributed by atoms with Crippen LogP contribution in [0.5, 0.6) is 5.75 Å². The second-order valence-electron chi connectivity index (χ2n) is 13.6. The molecule has 51 heavy (non-hydrogen) atoms. The number of urea groups is 1. The van der Waals surface area contributed by atoms with Gasteiger partial charge in [0, 0.05) is 34.7 Å². The van der Waals surface area contributed by atoms with Gasteiger partial charge in [-0.3, -0.25) is 4.79 Å². The van der Waals surface area contributed by atoms with Crippen LogP contribution in [0.2, 0.25) is 5.02 Å². The van der Waals surface area contributed by atoms with Crippen LogP contribution < -0.4 is 21.1 Å². The number of hydrogen-bond donors (Lipinski definition) is 4. The van der Waals surface area contributed by atoms with E-state index in [-0.39, 0.29) is 29.6 Å². The Balaban J connectivity index is 0.00000116. The highest BCUT2D eigenvalue weighted by Crippen LogP contribution is 2.22. The van der Waals surface area contributed by atoms with E-state index in [1.54, 1.807) is 62.4 Å². The van der Waals surface area contributed by atoms with Crippen molar-refractivity contribution in [2.75, 3.05) is 32.5 Å². The van der Waals surface area contributed by atoms with Gasteiger partial charge in [0.05, 0.1) is 32.3 Å². The lowest BCUT2D eigenvalue weighted by Gasteiger charge is -2.38. The van der Waals surface area contributed by atoms with Crippen molar-refractivity contribution in [3.8, 4) is 5.75 Å². The summed E-state index contributed by atoms with van der Waals surface area (Å²) in [6.45, 7) is 9.74. The molecule has 3 amide bonds. The molecule has 0 aliphatic rings. The number of carbonyl (C=O) groups excluding carboxylic acids is 4. The molecular formula is C36H44ClF3N4O7. The molecule has 0 aromatic heterocycles. The number of aliphatic carboxylic acids is 1. The zero-order chi connectivity index (χ0) is 38.6. The summed E-state index contributed by atoms with van der Waals surface area (Å²) < 4.78 is 37.5. The average molecular weight is 737 g/mol. The number of quaternary nitrogens is 1. The molecule has 3 rings (SSSR count). The number of aromatic hydroxyl groups is 1. The summed E-state index contributed by atoms with van der Waals surface area (Å²) in [6, 6.07) is 19.2. The topological polar surface area (TPSA) is 157 Å². The highest BCUT2D eigenvalue weighted by atomic mass is 35.5. The Kier molecular flexibility index (Phi) is 15.3. The molecule has 0 unspecified atom stereocenters. The smallest absolute Gasteiger partial charge is 0.430 e. The van der Waals surface area contributed by atoms with E-state index in [0.29, 0.717) is 27.3 Å². The average Bonchev–Trinajstić information content (AvgIpc) is 3.01. The Morgan fingerprint density at radius 2 is 1.43 bits per heavy atom. The fourth-order valence-electron chi connectivity index (χ4n) is 5.18. The van der Waals surface area contributed by atoms with Crippen LogP contribution in [0.25, 0.3) is 0 Å². The lowest BCUT2D eigenvalue weighted by molar-refractivity contribution is -0.909. The van der Waals surface area contributed by atoms with Gasteiger partial charge in [-0.25, -0.2) is 9.59 Å². The van der Waals surface area contributed by atoms with Crippen LogP contribution >= 0.6 is 11.6 Å². The first-order valence-corrected chi connectivity index (χ1v) is 16.2. The molecule has 0 aliphatic heterocycles. The Morgan fingerprint density at radius 3 is 1.94 bits per heavy atom. The molecular weight excluding hydrogens is 693 g/mol. The van der Waals surface area contributed by atoms with Gasteiger partial charge < -0.3 is 40.2 Å². The number of nitrogens with one attached hydrogen (secondary N) is 3. The van der Waals surface area contributed by atoms with Crippen molar-refractivity contribution in [3.63, 3.8) is 0 Å². The molecule has 0 saturated carbocycles. The molecule has 15 heteroatoms. The monoisotopic (exact) mass is 736 g/mol. The SMILES string of the molecule is CC(C)OC(=O)c1ccc(NC(=O)N[C@@H](Cc2ccc(O)cc2)C(=O)NCC(C)(C)C[N+](C)(C)Cc2ccc(Cl)cc2)cc1.O=C([O-])C(F)(F)F. The summed E-state index contributed by atoms with van der Waals surface area (Å²) in [5.41, 5.74) is 2.51. The van der Waals surface area contributed by atoms with Crippen LogP contribution in [-0.4, -0.2) is 79.0 Å². The van der Waals surface area contributed by atoms with Crippen LogP contribution in [0, 0.1) is 5.41 Å². The summed E-state index contributed by atoms with van der Waals surface area (Å²) in [4.78, 5) is 47.4. The van der Waals surface area contributed by atoms with Crippen LogP contribution in [0.3, 0.4) is 0 Å². The fourth-order valence-corrected chi connectivity index (χ4v) is 5.30. The number of esters is 1. The number of carboxylic acids is 1. The normalized spacial score (nSPS) is 12.2. The Labute approximate surface area is 300 Å². The summed E-state index contributed by atoms with van der Waals surface area (Å²) in [6.07, 6.45) is -5.22. The van der Waals surface area contributed by atoms with E-state index in [2.05, 4.69) is 43.9 Å². The van der Waals surface area contributed by atoms with Gasteiger partial charge in [-0.2, -0.15) is 13.2 Å². The summed E-state index contributed by atoms with van der Waals surface area (Å²) in [5, 5.41) is 27.7. The molecule has 278 valence electrons. The molecule has 3 aromatic rings. The number of halogens is 4. The molecule has 0 bridgehead atoms. The van der Waals surface area contributed by atoms with Crippen molar-refractivity contribution < 1.29 is 51.8 Å². The molecule has 0 saturated heterocycles. The van der Waals surface area contributed by atoms with E-state index in [9.17, 15) is 32.7 Å². The predicted octanol–water partition coefficient (Wildman–Crippen LogP) is 5.06. The summed E-state index contributed by atoms with van der Waals surface area (Å²) in [5.74, 6) is -3.66. The van der Waals surface area contributed by atoms with Crippen molar-refractivity contribution in [2.45, 2.75) is 59.0 Å². The van der Waals surface area contributed by atoms with Gasteiger partial charge in [-0.15, -0.1) is 0 Å². The third-order valence-corrected chi connectivity index (χ3v) is 7.32. The molecule has 0 fully saturated rings. The summed E-state index contributed by atoms with van der Waals surface area (Å²) in [7, 11) is 4.30. The zero-order valence-corrected chi connectivity index (χ0v) is 30.0. The first-order valence-electron chi connectivity index (χ1n) is 15.8. The third-order valence-electron chi connectivity index (χ3n) is 7.07. The maximum atomic E-state index is 13.5. The van der Waals surface area contributed by atoms with Gasteiger partial charge in [0.15, 0.2) is 0 Å². The molecule has 11 nitrogen and oxygen atoms in total. The van der Waals surface area contributed by atoms with Crippen molar-refractivity contribution in [1.29, 1.82) is 0 Å². The van der Waals surface area contributed by atoms with Gasteiger partial charge in [0.25, 0.3) is 0 Å². The Morgan fingerprint density at radius 1 is 0.902 bits per heavy atom. The van der Waals surface area contributed by atoms with E-state index >= 15 is 0 Å². The number of amides is 3. The minimum Gasteiger partial charge on any atom is -0.542 e. The van der Waals surface area contributed by atoms with Crippen molar-refractivity contribution >= 4 is 41.2 Å². The van der Waals surface area contributed by atoms with Gasteiger partial charge in [0.2, 0.25) is 5.91 Å². The molecule has 0 aliphatic carbocycles. The van der Waals surface area contributed by atoms with Crippen LogP contribution in [0.1, 0.15) is 49.2 Å². The second kappa shape index (κ2) is 18.4. The van der Waals surface area contributed by atoms with Crippen molar-refractivity contribution in [2.24, 2.45) is 5.41 Å². The first-order chi connectivity index (χ1) is 23.5. The van der Waals surface area contributed by atoms with E-state index in [0.717, 1.165) is 18.7 Å². The number of alkyl halides is 3. The Bertz CT molecular complexity index is 1610. The number of phenolic OH excluding ortho intramolecular Hbond substituents is 1. The standard InChI is InChI=1S/C34H43ClN4O5.C2HF3O2/c1-23(2)44-32(42)26-11-15-28(16-12-26)37-33(43)38-30(19-24-9-17-29(40)18-10-24)31(41)36-21-34(3,4)22-39(5,6)20-25-7-13-27(35)14-8-25;3-2(4,5)1(6)7/h7-18,23,30H,19-22H2,1-6H3,(H3-,36,37,38,40,41,42,43);(H,6,7)/t30-;/m0./s1.